The molecule has 5 heteroatoms. The first-order valence-corrected chi connectivity index (χ1v) is 9.36. The van der Waals surface area contributed by atoms with E-state index >= 15 is 0 Å². The third-order valence-corrected chi connectivity index (χ3v) is 4.99. The second kappa shape index (κ2) is 7.35. The van der Waals surface area contributed by atoms with Gasteiger partial charge in [0.05, 0.1) is 11.9 Å². The van der Waals surface area contributed by atoms with Crippen LogP contribution in [0, 0.1) is 20.8 Å². The molecule has 4 rings (SSSR count). The summed E-state index contributed by atoms with van der Waals surface area (Å²) in [6.07, 6.45) is 0.965. The van der Waals surface area contributed by atoms with Crippen LogP contribution in [-0.4, -0.2) is 19.9 Å². The summed E-state index contributed by atoms with van der Waals surface area (Å²) in [7, 11) is 0. The van der Waals surface area contributed by atoms with E-state index < -0.39 is 0 Å². The fraction of sp³-hybridized carbons (Fsp3) is 0.217. The first kappa shape index (κ1) is 18.0. The molecule has 0 aliphatic rings. The van der Waals surface area contributed by atoms with E-state index in [1.165, 1.54) is 0 Å². The molecule has 0 aliphatic carbocycles. The standard InChI is InChI=1S/C23H22N4O/c1-14-8-7-11-18-15(2)24-20(26-22(14)18)13-21-25-16(3)19(23(28)27-21)12-17-9-5-4-6-10-17/h4-11H,12-13H2,1-3H3,(H,25,27,28). The van der Waals surface area contributed by atoms with E-state index in [4.69, 9.17) is 4.98 Å². The maximum Gasteiger partial charge on any atom is 0.254 e. The first-order valence-electron chi connectivity index (χ1n) is 9.36. The lowest BCUT2D eigenvalue weighted by molar-refractivity contribution is 0.847. The Balaban J connectivity index is 1.67. The average Bonchev–Trinajstić information content (AvgIpc) is 2.67. The third-order valence-electron chi connectivity index (χ3n) is 4.99. The molecule has 0 saturated carbocycles. The van der Waals surface area contributed by atoms with Crippen LogP contribution >= 0.6 is 0 Å². The third kappa shape index (κ3) is 3.56. The highest BCUT2D eigenvalue weighted by Crippen LogP contribution is 2.19. The van der Waals surface area contributed by atoms with E-state index in [0.717, 1.165) is 33.4 Å². The molecule has 2 aromatic heterocycles. The van der Waals surface area contributed by atoms with Crippen molar-refractivity contribution in [3.05, 3.63) is 98.6 Å². The second-order valence-corrected chi connectivity index (χ2v) is 7.11. The molecule has 0 unspecified atom stereocenters. The van der Waals surface area contributed by atoms with E-state index in [9.17, 15) is 4.79 Å². The van der Waals surface area contributed by atoms with Crippen LogP contribution in [0.1, 0.15) is 39.7 Å². The fourth-order valence-electron chi connectivity index (χ4n) is 3.50. The van der Waals surface area contributed by atoms with Crippen LogP contribution in [0.5, 0.6) is 0 Å². The van der Waals surface area contributed by atoms with Crippen LogP contribution in [0.15, 0.2) is 53.3 Å². The Morgan fingerprint density at radius 1 is 0.821 bits per heavy atom. The number of benzene rings is 2. The van der Waals surface area contributed by atoms with Crippen LogP contribution in [0.25, 0.3) is 10.9 Å². The highest BCUT2D eigenvalue weighted by atomic mass is 16.1. The Labute approximate surface area is 163 Å². The SMILES string of the molecule is Cc1nc(Cc2nc(C)c3cccc(C)c3n2)[nH]c(=O)c1Cc1ccccc1. The molecular weight excluding hydrogens is 348 g/mol. The number of para-hydroxylation sites is 1. The molecule has 2 heterocycles. The number of aromatic nitrogens is 4. The van der Waals surface area contributed by atoms with Crippen LogP contribution in [0.2, 0.25) is 0 Å². The molecule has 0 bridgehead atoms. The lowest BCUT2D eigenvalue weighted by Gasteiger charge is -2.09. The van der Waals surface area contributed by atoms with Gasteiger partial charge < -0.3 is 4.98 Å². The summed E-state index contributed by atoms with van der Waals surface area (Å²) in [4.78, 5) is 29.5. The first-order chi connectivity index (χ1) is 13.5. The van der Waals surface area contributed by atoms with Crippen molar-refractivity contribution in [2.45, 2.75) is 33.6 Å². The second-order valence-electron chi connectivity index (χ2n) is 7.11. The molecular formula is C23H22N4O. The quantitative estimate of drug-likeness (QED) is 0.593. The molecule has 0 amide bonds. The summed E-state index contributed by atoms with van der Waals surface area (Å²) in [6, 6.07) is 16.0. The minimum absolute atomic E-state index is 0.0972. The molecule has 1 N–H and O–H groups in total. The van der Waals surface area contributed by atoms with E-state index in [1.54, 1.807) is 0 Å². The van der Waals surface area contributed by atoms with Crippen molar-refractivity contribution in [1.82, 2.24) is 19.9 Å². The largest absolute Gasteiger partial charge is 0.310 e. The molecule has 2 aromatic carbocycles. The van der Waals surface area contributed by atoms with Crippen molar-refractivity contribution < 1.29 is 0 Å². The number of nitrogens with one attached hydrogen (secondary N) is 1. The van der Waals surface area contributed by atoms with Gasteiger partial charge in [0.1, 0.15) is 11.6 Å². The molecule has 5 nitrogen and oxygen atoms in total. The minimum Gasteiger partial charge on any atom is -0.310 e. The number of hydrogen-bond acceptors (Lipinski definition) is 4. The van der Waals surface area contributed by atoms with Gasteiger partial charge in [-0.05, 0) is 31.9 Å². The Hall–Kier alpha value is -3.34. The Bertz CT molecular complexity index is 1210. The zero-order valence-corrected chi connectivity index (χ0v) is 16.3. The molecule has 28 heavy (non-hydrogen) atoms. The van der Waals surface area contributed by atoms with Crippen LogP contribution in [0.3, 0.4) is 0 Å². The number of aromatic amines is 1. The zero-order chi connectivity index (χ0) is 19.7. The Morgan fingerprint density at radius 2 is 1.61 bits per heavy atom. The Morgan fingerprint density at radius 3 is 2.36 bits per heavy atom. The zero-order valence-electron chi connectivity index (χ0n) is 16.3. The summed E-state index contributed by atoms with van der Waals surface area (Å²) in [5.74, 6) is 1.25. The number of H-pyrrole nitrogens is 1. The van der Waals surface area contributed by atoms with Gasteiger partial charge in [-0.15, -0.1) is 0 Å². The monoisotopic (exact) mass is 370 g/mol. The van der Waals surface area contributed by atoms with Gasteiger partial charge in [-0.25, -0.2) is 15.0 Å². The average molecular weight is 370 g/mol. The van der Waals surface area contributed by atoms with E-state index in [-0.39, 0.29) is 5.56 Å². The van der Waals surface area contributed by atoms with Gasteiger partial charge in [0.15, 0.2) is 0 Å². The predicted octanol–water partition coefficient (Wildman–Crippen LogP) is 3.82. The topological polar surface area (TPSA) is 71.5 Å². The van der Waals surface area contributed by atoms with Gasteiger partial charge in [-0.1, -0.05) is 48.5 Å². The molecule has 0 aliphatic heterocycles. The molecule has 0 fully saturated rings. The number of aryl methyl sites for hydroxylation is 3. The minimum atomic E-state index is -0.0972. The van der Waals surface area contributed by atoms with Gasteiger partial charge in [0, 0.05) is 28.8 Å². The van der Waals surface area contributed by atoms with Gasteiger partial charge in [0.2, 0.25) is 0 Å². The van der Waals surface area contributed by atoms with Crippen molar-refractivity contribution in [3.63, 3.8) is 0 Å². The van der Waals surface area contributed by atoms with Crippen molar-refractivity contribution in [2.75, 3.05) is 0 Å². The van der Waals surface area contributed by atoms with Crippen molar-refractivity contribution in [3.8, 4) is 0 Å². The molecule has 0 saturated heterocycles. The smallest absolute Gasteiger partial charge is 0.254 e. The van der Waals surface area contributed by atoms with Gasteiger partial charge in [0.25, 0.3) is 5.56 Å². The van der Waals surface area contributed by atoms with E-state index in [0.29, 0.717) is 30.1 Å². The maximum absolute atomic E-state index is 12.7. The highest BCUT2D eigenvalue weighted by molar-refractivity contribution is 5.83. The van der Waals surface area contributed by atoms with Gasteiger partial charge >= 0.3 is 0 Å². The number of fused-ring (bicyclic) bond motifs is 1. The van der Waals surface area contributed by atoms with Crippen molar-refractivity contribution in [1.29, 1.82) is 0 Å². The van der Waals surface area contributed by atoms with Gasteiger partial charge in [-0.3, -0.25) is 4.79 Å². The highest BCUT2D eigenvalue weighted by Gasteiger charge is 2.12. The molecule has 0 spiro atoms. The van der Waals surface area contributed by atoms with E-state index in [1.807, 2.05) is 69.3 Å². The number of nitrogens with zero attached hydrogens (tertiary/aromatic N) is 3. The molecule has 140 valence electrons. The maximum atomic E-state index is 12.7. The summed E-state index contributed by atoms with van der Waals surface area (Å²) in [5, 5.41) is 1.06. The summed E-state index contributed by atoms with van der Waals surface area (Å²) in [6.45, 7) is 5.91. The van der Waals surface area contributed by atoms with Crippen molar-refractivity contribution >= 4 is 10.9 Å². The molecule has 0 atom stereocenters. The normalized spacial score (nSPS) is 11.1. The molecule has 0 radical (unpaired) electrons. The summed E-state index contributed by atoms with van der Waals surface area (Å²) < 4.78 is 0. The summed E-state index contributed by atoms with van der Waals surface area (Å²) >= 11 is 0. The van der Waals surface area contributed by atoms with Crippen LogP contribution in [-0.2, 0) is 12.8 Å². The van der Waals surface area contributed by atoms with Gasteiger partial charge in [-0.2, -0.15) is 0 Å². The summed E-state index contributed by atoms with van der Waals surface area (Å²) in [5.41, 5.74) is 5.43. The van der Waals surface area contributed by atoms with Crippen LogP contribution < -0.4 is 5.56 Å². The van der Waals surface area contributed by atoms with Crippen LogP contribution in [0.4, 0.5) is 0 Å². The lowest BCUT2D eigenvalue weighted by Crippen LogP contribution is -2.20. The predicted molar refractivity (Wildman–Crippen MR) is 111 cm³/mol. The Kier molecular flexibility index (Phi) is 4.74. The molecule has 4 aromatic rings. The number of rotatable bonds is 4. The van der Waals surface area contributed by atoms with E-state index in [2.05, 4.69) is 15.0 Å². The number of hydrogen-bond donors (Lipinski definition) is 1. The fourth-order valence-corrected chi connectivity index (χ4v) is 3.50. The lowest BCUT2D eigenvalue weighted by atomic mass is 10.1. The van der Waals surface area contributed by atoms with Crippen molar-refractivity contribution in [2.24, 2.45) is 0 Å².